The predicted molar refractivity (Wildman–Crippen MR) is 42.4 cm³/mol. The van der Waals surface area contributed by atoms with Gasteiger partial charge in [-0.2, -0.15) is 8.78 Å². The van der Waals surface area contributed by atoms with Crippen molar-refractivity contribution < 1.29 is 13.5 Å². The van der Waals surface area contributed by atoms with Gasteiger partial charge in [-0.25, -0.2) is 0 Å². The van der Waals surface area contributed by atoms with Crippen LogP contribution in [-0.2, 0) is 0 Å². The highest BCUT2D eigenvalue weighted by atomic mass is 31.0. The van der Waals surface area contributed by atoms with Crippen molar-refractivity contribution in [3.63, 3.8) is 0 Å². The highest BCUT2D eigenvalue weighted by molar-refractivity contribution is 7.27. The van der Waals surface area contributed by atoms with E-state index in [4.69, 9.17) is 0 Å². The van der Waals surface area contributed by atoms with Crippen molar-refractivity contribution >= 4 is 14.5 Å². The molecule has 0 aromatic heterocycles. The van der Waals surface area contributed by atoms with Crippen LogP contribution in [0.25, 0.3) is 0 Å². The largest absolute Gasteiger partial charge is 0.435 e. The highest BCUT2D eigenvalue weighted by Crippen LogP contribution is 2.11. The second-order valence-electron chi connectivity index (χ2n) is 1.95. The minimum Gasteiger partial charge on any atom is -0.435 e. The molecule has 0 radical (unpaired) electrons. The lowest BCUT2D eigenvalue weighted by atomic mass is 10.3. The van der Waals surface area contributed by atoms with Gasteiger partial charge >= 0.3 is 6.61 Å². The summed E-state index contributed by atoms with van der Waals surface area (Å²) < 4.78 is 27.3. The minimum absolute atomic E-state index is 0.186. The summed E-state index contributed by atoms with van der Waals surface area (Å²) in [6.45, 7) is -2.75. The van der Waals surface area contributed by atoms with Gasteiger partial charge in [-0.3, -0.25) is 0 Å². The van der Waals surface area contributed by atoms with Crippen LogP contribution in [0.1, 0.15) is 0 Å². The second kappa shape index (κ2) is 3.63. The van der Waals surface area contributed by atoms with E-state index in [2.05, 4.69) is 14.0 Å². The van der Waals surface area contributed by atoms with Gasteiger partial charge in [0.2, 0.25) is 0 Å². The molecule has 0 N–H and O–H groups in total. The number of hydrogen-bond donors (Lipinski definition) is 0. The fourth-order valence-electron chi connectivity index (χ4n) is 0.649. The maximum atomic E-state index is 11.6. The Morgan fingerprint density at radius 3 is 2.18 bits per heavy atom. The fraction of sp³-hybridized carbons (Fsp3) is 0.143. The first-order valence-electron chi connectivity index (χ1n) is 2.99. The molecule has 11 heavy (non-hydrogen) atoms. The van der Waals surface area contributed by atoms with Crippen molar-refractivity contribution in [2.75, 3.05) is 0 Å². The van der Waals surface area contributed by atoms with Crippen LogP contribution in [0.5, 0.6) is 5.75 Å². The van der Waals surface area contributed by atoms with Crippen molar-refractivity contribution in [3.05, 3.63) is 24.3 Å². The van der Waals surface area contributed by atoms with Crippen LogP contribution in [0.3, 0.4) is 0 Å². The van der Waals surface area contributed by atoms with Gasteiger partial charge in [0.25, 0.3) is 0 Å². The van der Waals surface area contributed by atoms with E-state index < -0.39 is 6.61 Å². The number of hydrogen-bond acceptors (Lipinski definition) is 1. The molecule has 0 aliphatic carbocycles. The van der Waals surface area contributed by atoms with Crippen molar-refractivity contribution in [1.29, 1.82) is 0 Å². The number of rotatable bonds is 2. The molecule has 1 aromatic rings. The molecule has 1 atom stereocenters. The van der Waals surface area contributed by atoms with Gasteiger partial charge in [-0.15, -0.1) is 9.24 Å². The molecule has 0 saturated heterocycles. The molecular weight excluding hydrogens is 169 g/mol. The van der Waals surface area contributed by atoms with Crippen molar-refractivity contribution in [2.45, 2.75) is 6.61 Å². The summed E-state index contributed by atoms with van der Waals surface area (Å²) >= 11 is 0. The Labute approximate surface area is 65.6 Å². The van der Waals surface area contributed by atoms with E-state index in [9.17, 15) is 8.78 Å². The smallest absolute Gasteiger partial charge is 0.387 e. The van der Waals surface area contributed by atoms with Gasteiger partial charge in [0, 0.05) is 0 Å². The van der Waals surface area contributed by atoms with E-state index in [0.29, 0.717) is 0 Å². The van der Waals surface area contributed by atoms with Gasteiger partial charge < -0.3 is 4.74 Å². The molecule has 0 aliphatic heterocycles. The standard InChI is InChI=1S/C7H7F2OP/c8-7(9)10-5-1-3-6(11)4-2-5/h1-4,7H,11H2. The lowest BCUT2D eigenvalue weighted by Crippen LogP contribution is -2.02. The van der Waals surface area contributed by atoms with Gasteiger partial charge in [-0.05, 0) is 17.4 Å². The maximum Gasteiger partial charge on any atom is 0.387 e. The van der Waals surface area contributed by atoms with Crippen LogP contribution < -0.4 is 10.0 Å². The lowest BCUT2D eigenvalue weighted by Gasteiger charge is -2.02. The van der Waals surface area contributed by atoms with E-state index in [-0.39, 0.29) is 5.75 Å². The highest BCUT2D eigenvalue weighted by Gasteiger charge is 2.01. The third-order valence-corrected chi connectivity index (χ3v) is 1.49. The monoisotopic (exact) mass is 176 g/mol. The lowest BCUT2D eigenvalue weighted by molar-refractivity contribution is -0.0498. The summed E-state index contributed by atoms with van der Waals surface area (Å²) in [6.07, 6.45) is 0. The molecule has 0 aliphatic rings. The molecule has 1 unspecified atom stereocenters. The Morgan fingerprint density at radius 1 is 1.18 bits per heavy atom. The molecule has 0 amide bonds. The fourth-order valence-corrected chi connectivity index (χ4v) is 0.842. The van der Waals surface area contributed by atoms with Gasteiger partial charge in [-0.1, -0.05) is 12.1 Å². The molecule has 0 heterocycles. The molecule has 0 fully saturated rings. The average Bonchev–Trinajstić information content (AvgIpc) is 1.93. The average molecular weight is 176 g/mol. The molecule has 1 nitrogen and oxygen atoms in total. The zero-order valence-electron chi connectivity index (χ0n) is 5.63. The number of ether oxygens (including phenoxy) is 1. The number of benzene rings is 1. The molecule has 4 heteroatoms. The SMILES string of the molecule is FC(F)Oc1ccc(P)cc1. The Morgan fingerprint density at radius 2 is 1.73 bits per heavy atom. The third kappa shape index (κ3) is 2.81. The molecule has 0 spiro atoms. The normalized spacial score (nSPS) is 10.2. The molecule has 60 valence electrons. The Bertz CT molecular complexity index is 222. The maximum absolute atomic E-state index is 11.6. The van der Waals surface area contributed by atoms with Gasteiger partial charge in [0.05, 0.1) is 0 Å². The number of halogens is 2. The molecule has 0 saturated carbocycles. The zero-order valence-corrected chi connectivity index (χ0v) is 6.78. The topological polar surface area (TPSA) is 9.23 Å². The Balaban J connectivity index is 2.66. The van der Waals surface area contributed by atoms with Crippen molar-refractivity contribution in [2.24, 2.45) is 0 Å². The Kier molecular flexibility index (Phi) is 2.77. The molecule has 0 bridgehead atoms. The Hall–Kier alpha value is -0.690. The van der Waals surface area contributed by atoms with Crippen molar-refractivity contribution in [1.82, 2.24) is 0 Å². The van der Waals surface area contributed by atoms with Crippen LogP contribution in [0.15, 0.2) is 24.3 Å². The summed E-state index contributed by atoms with van der Waals surface area (Å²) in [5.74, 6) is 0.186. The van der Waals surface area contributed by atoms with Gasteiger partial charge in [0.15, 0.2) is 0 Å². The van der Waals surface area contributed by atoms with Crippen LogP contribution >= 0.6 is 9.24 Å². The van der Waals surface area contributed by atoms with Crippen LogP contribution in [0.4, 0.5) is 8.78 Å². The van der Waals surface area contributed by atoms with Gasteiger partial charge in [0.1, 0.15) is 5.75 Å². The van der Waals surface area contributed by atoms with E-state index >= 15 is 0 Å². The van der Waals surface area contributed by atoms with E-state index in [1.807, 2.05) is 0 Å². The predicted octanol–water partition coefficient (Wildman–Crippen LogP) is 1.79. The first-order valence-corrected chi connectivity index (χ1v) is 3.56. The molecule has 1 rings (SSSR count). The molecule has 1 aromatic carbocycles. The van der Waals surface area contributed by atoms with E-state index in [1.165, 1.54) is 12.1 Å². The first-order chi connectivity index (χ1) is 5.18. The van der Waals surface area contributed by atoms with Crippen LogP contribution in [0.2, 0.25) is 0 Å². The number of alkyl halides is 2. The van der Waals surface area contributed by atoms with Crippen LogP contribution in [-0.4, -0.2) is 6.61 Å². The summed E-state index contributed by atoms with van der Waals surface area (Å²) in [7, 11) is 2.45. The summed E-state index contributed by atoms with van der Waals surface area (Å²) in [5.41, 5.74) is 0. The first kappa shape index (κ1) is 8.41. The molecular formula is C7H7F2OP. The third-order valence-electron chi connectivity index (χ3n) is 1.11. The second-order valence-corrected chi connectivity index (χ2v) is 2.61. The van der Waals surface area contributed by atoms with E-state index in [0.717, 1.165) is 5.30 Å². The summed E-state index contributed by atoms with van der Waals surface area (Å²) in [4.78, 5) is 0. The zero-order chi connectivity index (χ0) is 8.27. The minimum atomic E-state index is -2.75. The summed E-state index contributed by atoms with van der Waals surface area (Å²) in [6, 6.07) is 6.35. The van der Waals surface area contributed by atoms with E-state index in [1.54, 1.807) is 12.1 Å². The summed E-state index contributed by atoms with van der Waals surface area (Å²) in [5, 5.41) is 0.937. The quantitative estimate of drug-likeness (QED) is 0.624. The van der Waals surface area contributed by atoms with Crippen molar-refractivity contribution in [3.8, 4) is 5.75 Å². The van der Waals surface area contributed by atoms with Crippen LogP contribution in [0, 0.1) is 0 Å².